The van der Waals surface area contributed by atoms with Crippen molar-refractivity contribution in [2.45, 2.75) is 39.1 Å². The third-order valence-electron chi connectivity index (χ3n) is 3.09. The maximum absolute atomic E-state index is 13.1. The van der Waals surface area contributed by atoms with Crippen LogP contribution in [0.1, 0.15) is 27.7 Å². The topological polar surface area (TPSA) is 55.8 Å². The first-order valence-corrected chi connectivity index (χ1v) is 6.80. The number of esters is 1. The van der Waals surface area contributed by atoms with E-state index in [-0.39, 0.29) is 64.5 Å². The van der Waals surface area contributed by atoms with E-state index in [0.29, 0.717) is 0 Å². The molecule has 1 aliphatic heterocycles. The van der Waals surface area contributed by atoms with E-state index in [0.717, 1.165) is 4.90 Å². The van der Waals surface area contributed by atoms with Crippen LogP contribution in [0.2, 0.25) is 5.82 Å². The van der Waals surface area contributed by atoms with Gasteiger partial charge in [-0.2, -0.15) is 0 Å². The maximum atomic E-state index is 13.1. The molecule has 0 aromatic carbocycles. The van der Waals surface area contributed by atoms with Crippen molar-refractivity contribution in [3.63, 3.8) is 0 Å². The molecular weight excluding hydrogens is 329 g/mol. The second kappa shape index (κ2) is 8.37. The average Bonchev–Trinajstić information content (AvgIpc) is 2.71. The molecule has 1 fully saturated rings. The second-order valence-electron chi connectivity index (χ2n) is 6.03. The molecule has 0 radical (unpaired) electrons. The number of rotatable bonds is 3. The summed E-state index contributed by atoms with van der Waals surface area (Å²) in [5.41, 5.74) is -0.808. The number of carbonyl (C=O) groups excluding carboxylic acids is 2. The van der Waals surface area contributed by atoms with Gasteiger partial charge in [0, 0.05) is 13.1 Å². The van der Waals surface area contributed by atoms with Gasteiger partial charge in [-0.1, -0.05) is 0 Å². The van der Waals surface area contributed by atoms with Crippen LogP contribution in [-0.4, -0.2) is 49.2 Å². The average molecular weight is 349 g/mol. The minimum atomic E-state index is -5.25. The van der Waals surface area contributed by atoms with Crippen LogP contribution in [0.3, 0.4) is 0 Å². The van der Waals surface area contributed by atoms with E-state index in [9.17, 15) is 22.5 Å². The van der Waals surface area contributed by atoms with Crippen molar-refractivity contribution < 1.29 is 83.4 Å². The molecule has 1 amide bonds. The van der Waals surface area contributed by atoms with E-state index in [1.165, 1.54) is 6.92 Å². The molecule has 0 spiro atoms. The first kappa shape index (κ1) is 22.2. The van der Waals surface area contributed by atoms with Gasteiger partial charge in [-0.05, 0) is 33.5 Å². The van der Waals surface area contributed by atoms with Crippen LogP contribution >= 0.6 is 0 Å². The van der Waals surface area contributed by atoms with Gasteiger partial charge in [-0.3, -0.25) is 4.79 Å². The minimum absolute atomic E-state index is 0. The number of nitrogens with zero attached hydrogens (tertiary/aromatic N) is 1. The van der Waals surface area contributed by atoms with E-state index in [2.05, 4.69) is 4.74 Å². The molecule has 0 aromatic heterocycles. The summed E-state index contributed by atoms with van der Waals surface area (Å²) in [4.78, 5) is 24.4. The molecule has 2 atom stereocenters. The Kier molecular flexibility index (Phi) is 8.45. The number of likely N-dealkylation sites (tertiary alicyclic amines) is 1. The van der Waals surface area contributed by atoms with Crippen molar-refractivity contribution in [3.05, 3.63) is 0 Å². The van der Waals surface area contributed by atoms with Gasteiger partial charge in [0.25, 0.3) is 0 Å². The molecule has 0 aliphatic carbocycles. The number of hydrogen-bond donors (Lipinski definition) is 0. The zero-order chi connectivity index (χ0) is 16.4. The van der Waals surface area contributed by atoms with Gasteiger partial charge >= 0.3 is 70.4 Å². The Morgan fingerprint density at radius 3 is 2.18 bits per heavy atom. The summed E-state index contributed by atoms with van der Waals surface area (Å²) in [7, 11) is 0. The standard InChI is InChI=1S/C12H20BF3NO4.K/c1-5-20-10(18)8-6-17(7-9(8)13(14,15)16)11(19)21-12(2,3)4;/h8-9H,5-7H2,1-4H3;/q-1;+1. The Morgan fingerprint density at radius 2 is 1.77 bits per heavy atom. The van der Waals surface area contributed by atoms with E-state index in [4.69, 9.17) is 4.74 Å². The van der Waals surface area contributed by atoms with Crippen molar-refractivity contribution in [1.82, 2.24) is 4.90 Å². The molecule has 1 saturated heterocycles. The molecule has 0 aromatic rings. The van der Waals surface area contributed by atoms with Crippen LogP contribution in [0.15, 0.2) is 0 Å². The van der Waals surface area contributed by atoms with Crippen molar-refractivity contribution >= 4 is 19.0 Å². The molecule has 122 valence electrons. The Hall–Kier alpha value is 0.231. The number of carbonyl (C=O) groups is 2. The largest absolute Gasteiger partial charge is 1.00 e. The Labute approximate surface area is 170 Å². The van der Waals surface area contributed by atoms with E-state index < -0.39 is 42.9 Å². The summed E-state index contributed by atoms with van der Waals surface area (Å²) >= 11 is 0. The molecule has 22 heavy (non-hydrogen) atoms. The van der Waals surface area contributed by atoms with Crippen molar-refractivity contribution in [3.8, 4) is 0 Å². The normalized spacial score (nSPS) is 22.0. The Balaban J connectivity index is 0.00000441. The zero-order valence-corrected chi connectivity index (χ0v) is 16.7. The molecule has 0 saturated carbocycles. The zero-order valence-electron chi connectivity index (χ0n) is 13.6. The molecule has 0 bridgehead atoms. The summed E-state index contributed by atoms with van der Waals surface area (Å²) in [6, 6.07) is 0. The van der Waals surface area contributed by atoms with E-state index >= 15 is 0 Å². The molecule has 2 unspecified atom stereocenters. The third kappa shape index (κ3) is 6.39. The molecule has 1 heterocycles. The van der Waals surface area contributed by atoms with E-state index in [1.807, 2.05) is 0 Å². The van der Waals surface area contributed by atoms with Crippen molar-refractivity contribution in [2.75, 3.05) is 19.7 Å². The predicted octanol–water partition coefficient (Wildman–Crippen LogP) is -0.362. The monoisotopic (exact) mass is 349 g/mol. The number of halogens is 3. The minimum Gasteiger partial charge on any atom is -0.466 e. The molecule has 0 N–H and O–H groups in total. The molecule has 10 heteroatoms. The van der Waals surface area contributed by atoms with Crippen LogP contribution in [0, 0.1) is 5.92 Å². The first-order valence-electron chi connectivity index (χ1n) is 6.80. The van der Waals surface area contributed by atoms with E-state index in [1.54, 1.807) is 20.8 Å². The Bertz CT molecular complexity index is 414. The third-order valence-corrected chi connectivity index (χ3v) is 3.09. The summed E-state index contributed by atoms with van der Waals surface area (Å²) < 4.78 is 48.9. The van der Waals surface area contributed by atoms with Gasteiger partial charge in [0.1, 0.15) is 5.60 Å². The Morgan fingerprint density at radius 1 is 1.23 bits per heavy atom. The fourth-order valence-corrected chi connectivity index (χ4v) is 2.19. The van der Waals surface area contributed by atoms with Crippen LogP contribution in [0.4, 0.5) is 17.7 Å². The molecule has 5 nitrogen and oxygen atoms in total. The van der Waals surface area contributed by atoms with Gasteiger partial charge in [0.05, 0.1) is 12.5 Å². The van der Waals surface area contributed by atoms with Gasteiger partial charge in [0.2, 0.25) is 0 Å². The molecule has 1 rings (SSSR count). The van der Waals surface area contributed by atoms with Crippen LogP contribution in [-0.2, 0) is 14.3 Å². The van der Waals surface area contributed by atoms with Crippen LogP contribution in [0.25, 0.3) is 0 Å². The second-order valence-corrected chi connectivity index (χ2v) is 6.03. The number of amides is 1. The van der Waals surface area contributed by atoms with Gasteiger partial charge in [-0.25, -0.2) is 4.79 Å². The van der Waals surface area contributed by atoms with Gasteiger partial charge in [0.15, 0.2) is 0 Å². The molecule has 1 aliphatic rings. The van der Waals surface area contributed by atoms with Crippen LogP contribution in [0.5, 0.6) is 0 Å². The summed E-state index contributed by atoms with van der Waals surface area (Å²) in [6.07, 6.45) is -0.848. The van der Waals surface area contributed by atoms with Crippen molar-refractivity contribution in [1.29, 1.82) is 0 Å². The summed E-state index contributed by atoms with van der Waals surface area (Å²) in [6.45, 7) is 0.228. The first-order chi connectivity index (χ1) is 9.45. The fraction of sp³-hybridized carbons (Fsp3) is 0.833. The summed E-state index contributed by atoms with van der Waals surface area (Å²) in [5.74, 6) is -4.17. The predicted molar refractivity (Wildman–Crippen MR) is 70.8 cm³/mol. The molecular formula is C12H20BF3KNO4. The fourth-order valence-electron chi connectivity index (χ4n) is 2.19. The van der Waals surface area contributed by atoms with Gasteiger partial charge in [-0.15, -0.1) is 0 Å². The van der Waals surface area contributed by atoms with Crippen LogP contribution < -0.4 is 51.4 Å². The number of hydrogen-bond acceptors (Lipinski definition) is 4. The quantitative estimate of drug-likeness (QED) is 0.516. The SMILES string of the molecule is CCOC(=O)C1CN(C(=O)OC(C)(C)C)CC1[B-](F)(F)F.[K+]. The van der Waals surface area contributed by atoms with Gasteiger partial charge < -0.3 is 27.3 Å². The smallest absolute Gasteiger partial charge is 0.466 e. The summed E-state index contributed by atoms with van der Waals surface area (Å²) in [5, 5.41) is 0. The maximum Gasteiger partial charge on any atom is 1.00 e. The number of ether oxygens (including phenoxy) is 2. The van der Waals surface area contributed by atoms with Crippen molar-refractivity contribution in [2.24, 2.45) is 5.92 Å².